The standard InChI is InChI=1S/C26H32N2O5/c1-32-19-11-12-22(33-2)20(16-19)24-21-10-6-7-13-26(21,31)14-15-28(24)23(29)17-27-25(30)18-8-4-3-5-9-18/h3-5,8-9,11-12,16,21,24,31H,6-7,10,13-15,17H2,1-2H3,(H,27,30)/t21-,24+,26+/m1/s1. The smallest absolute Gasteiger partial charge is 0.251 e. The Labute approximate surface area is 194 Å². The normalized spacial score (nSPS) is 24.5. The Hall–Kier alpha value is -3.06. The molecular weight excluding hydrogens is 420 g/mol. The number of benzene rings is 2. The number of aliphatic hydroxyl groups is 1. The van der Waals surface area contributed by atoms with E-state index in [0.29, 0.717) is 30.0 Å². The van der Waals surface area contributed by atoms with Crippen LogP contribution in [0, 0.1) is 5.92 Å². The molecule has 0 spiro atoms. The minimum absolute atomic E-state index is 0.109. The molecule has 2 aliphatic rings. The number of methoxy groups -OCH3 is 2. The average Bonchev–Trinajstić information content (AvgIpc) is 2.86. The minimum Gasteiger partial charge on any atom is -0.497 e. The van der Waals surface area contributed by atoms with Gasteiger partial charge in [0.2, 0.25) is 5.91 Å². The van der Waals surface area contributed by atoms with Gasteiger partial charge in [-0.15, -0.1) is 0 Å². The molecular formula is C26H32N2O5. The van der Waals surface area contributed by atoms with Crippen molar-refractivity contribution in [3.8, 4) is 11.5 Å². The van der Waals surface area contributed by atoms with Crippen molar-refractivity contribution in [3.05, 3.63) is 59.7 Å². The molecule has 1 aliphatic heterocycles. The second-order valence-electron chi connectivity index (χ2n) is 8.89. The SMILES string of the molecule is COc1ccc(OC)c([C@H]2[C@H]3CCCC[C@]3(O)CCN2C(=O)CNC(=O)c2ccccc2)c1. The summed E-state index contributed by atoms with van der Waals surface area (Å²) < 4.78 is 11.1. The Balaban J connectivity index is 1.63. The molecule has 4 rings (SSSR count). The third kappa shape index (κ3) is 4.69. The second-order valence-corrected chi connectivity index (χ2v) is 8.89. The Morgan fingerprint density at radius 1 is 1.09 bits per heavy atom. The fraction of sp³-hybridized carbons (Fsp3) is 0.462. The Morgan fingerprint density at radius 3 is 2.61 bits per heavy atom. The van der Waals surface area contributed by atoms with Crippen molar-refractivity contribution in [2.45, 2.75) is 43.7 Å². The molecule has 0 radical (unpaired) electrons. The first kappa shape index (κ1) is 23.1. The molecule has 2 amide bonds. The number of hydrogen-bond acceptors (Lipinski definition) is 5. The molecule has 2 aromatic rings. The van der Waals surface area contributed by atoms with E-state index in [1.165, 1.54) is 0 Å². The van der Waals surface area contributed by atoms with Crippen molar-refractivity contribution in [1.82, 2.24) is 10.2 Å². The number of carbonyl (C=O) groups is 2. The van der Waals surface area contributed by atoms with Gasteiger partial charge in [-0.3, -0.25) is 9.59 Å². The molecule has 1 saturated carbocycles. The van der Waals surface area contributed by atoms with Gasteiger partial charge in [-0.2, -0.15) is 0 Å². The third-order valence-electron chi connectivity index (χ3n) is 7.08. The summed E-state index contributed by atoms with van der Waals surface area (Å²) in [7, 11) is 3.21. The number of hydrogen-bond donors (Lipinski definition) is 2. The molecule has 2 N–H and O–H groups in total. The van der Waals surface area contributed by atoms with Crippen molar-refractivity contribution in [1.29, 1.82) is 0 Å². The Kier molecular flexibility index (Phi) is 6.88. The van der Waals surface area contributed by atoms with Crippen molar-refractivity contribution in [2.75, 3.05) is 27.3 Å². The van der Waals surface area contributed by atoms with Crippen LogP contribution in [0.1, 0.15) is 54.1 Å². The van der Waals surface area contributed by atoms with E-state index in [4.69, 9.17) is 9.47 Å². The van der Waals surface area contributed by atoms with E-state index in [1.807, 2.05) is 24.3 Å². The summed E-state index contributed by atoms with van der Waals surface area (Å²) in [5.74, 6) is 0.740. The van der Waals surface area contributed by atoms with Gasteiger partial charge in [-0.05, 0) is 49.6 Å². The number of fused-ring (bicyclic) bond motifs is 1. The van der Waals surface area contributed by atoms with Crippen molar-refractivity contribution in [3.63, 3.8) is 0 Å². The van der Waals surface area contributed by atoms with E-state index in [2.05, 4.69) is 5.32 Å². The fourth-order valence-corrected chi connectivity index (χ4v) is 5.37. The minimum atomic E-state index is -0.818. The monoisotopic (exact) mass is 452 g/mol. The van der Waals surface area contributed by atoms with E-state index >= 15 is 0 Å². The molecule has 2 aromatic carbocycles. The first-order valence-corrected chi connectivity index (χ1v) is 11.5. The topological polar surface area (TPSA) is 88.1 Å². The van der Waals surface area contributed by atoms with Gasteiger partial charge in [0.15, 0.2) is 0 Å². The lowest BCUT2D eigenvalue weighted by Gasteiger charge is -2.52. The predicted octanol–water partition coefficient (Wildman–Crippen LogP) is 3.33. The molecule has 1 saturated heterocycles. The summed E-state index contributed by atoms with van der Waals surface area (Å²) in [6.45, 7) is 0.305. The van der Waals surface area contributed by atoms with E-state index in [1.54, 1.807) is 43.4 Å². The molecule has 1 aliphatic carbocycles. The number of piperidine rings is 1. The highest BCUT2D eigenvalue weighted by atomic mass is 16.5. The number of likely N-dealkylation sites (tertiary alicyclic amines) is 1. The van der Waals surface area contributed by atoms with Crippen molar-refractivity contribution in [2.24, 2.45) is 5.92 Å². The van der Waals surface area contributed by atoms with Gasteiger partial charge in [-0.1, -0.05) is 31.0 Å². The fourth-order valence-electron chi connectivity index (χ4n) is 5.37. The van der Waals surface area contributed by atoms with Crippen LogP contribution in [0.3, 0.4) is 0 Å². The zero-order chi connectivity index (χ0) is 23.4. The van der Waals surface area contributed by atoms with Gasteiger partial charge < -0.3 is 24.8 Å². The number of rotatable bonds is 6. The number of nitrogens with one attached hydrogen (secondary N) is 1. The van der Waals surface area contributed by atoms with Crippen LogP contribution in [0.2, 0.25) is 0 Å². The summed E-state index contributed by atoms with van der Waals surface area (Å²) in [5, 5.41) is 14.3. The van der Waals surface area contributed by atoms with Crippen molar-refractivity contribution >= 4 is 11.8 Å². The van der Waals surface area contributed by atoms with Gasteiger partial charge in [0.05, 0.1) is 32.4 Å². The maximum absolute atomic E-state index is 13.4. The number of carbonyl (C=O) groups excluding carboxylic acids is 2. The van der Waals surface area contributed by atoms with Crippen LogP contribution in [0.25, 0.3) is 0 Å². The number of nitrogens with zero attached hydrogens (tertiary/aromatic N) is 1. The largest absolute Gasteiger partial charge is 0.497 e. The molecule has 7 nitrogen and oxygen atoms in total. The summed E-state index contributed by atoms with van der Waals surface area (Å²) in [6.07, 6.45) is 4.06. The summed E-state index contributed by atoms with van der Waals surface area (Å²) in [5.41, 5.74) is 0.516. The predicted molar refractivity (Wildman–Crippen MR) is 124 cm³/mol. The molecule has 3 atom stereocenters. The van der Waals surface area contributed by atoms with Crippen LogP contribution in [0.5, 0.6) is 11.5 Å². The lowest BCUT2D eigenvalue weighted by atomic mass is 9.66. The molecule has 0 aromatic heterocycles. The third-order valence-corrected chi connectivity index (χ3v) is 7.08. The van der Waals surface area contributed by atoms with Gasteiger partial charge in [0.25, 0.3) is 5.91 Å². The van der Waals surface area contributed by atoms with Crippen LogP contribution in [-0.2, 0) is 4.79 Å². The first-order valence-electron chi connectivity index (χ1n) is 11.5. The van der Waals surface area contributed by atoms with E-state index in [9.17, 15) is 14.7 Å². The highest BCUT2D eigenvalue weighted by Crippen LogP contribution is 2.51. The number of amides is 2. The molecule has 7 heteroatoms. The lowest BCUT2D eigenvalue weighted by molar-refractivity contribution is -0.154. The van der Waals surface area contributed by atoms with Crippen LogP contribution in [0.4, 0.5) is 0 Å². The van der Waals surface area contributed by atoms with Crippen LogP contribution in [-0.4, -0.2) is 54.7 Å². The van der Waals surface area contributed by atoms with Crippen molar-refractivity contribution < 1.29 is 24.2 Å². The van der Waals surface area contributed by atoms with Gasteiger partial charge in [0, 0.05) is 23.6 Å². The average molecular weight is 453 g/mol. The van der Waals surface area contributed by atoms with Crippen LogP contribution >= 0.6 is 0 Å². The first-order chi connectivity index (χ1) is 16.0. The molecule has 0 unspecified atom stereocenters. The Bertz CT molecular complexity index is 995. The molecule has 0 bridgehead atoms. The summed E-state index contributed by atoms with van der Waals surface area (Å²) in [4.78, 5) is 27.7. The molecule has 2 fully saturated rings. The zero-order valence-corrected chi connectivity index (χ0v) is 19.3. The second kappa shape index (κ2) is 9.83. The van der Waals surface area contributed by atoms with Gasteiger partial charge in [-0.25, -0.2) is 0 Å². The lowest BCUT2D eigenvalue weighted by Crippen LogP contribution is -2.57. The Morgan fingerprint density at radius 2 is 1.88 bits per heavy atom. The molecule has 1 heterocycles. The number of ether oxygens (including phenoxy) is 2. The molecule has 33 heavy (non-hydrogen) atoms. The van der Waals surface area contributed by atoms with E-state index in [0.717, 1.165) is 31.2 Å². The highest BCUT2D eigenvalue weighted by Gasteiger charge is 2.50. The summed E-state index contributed by atoms with van der Waals surface area (Å²) in [6, 6.07) is 14.0. The van der Waals surface area contributed by atoms with Gasteiger partial charge >= 0.3 is 0 Å². The summed E-state index contributed by atoms with van der Waals surface area (Å²) >= 11 is 0. The maximum Gasteiger partial charge on any atom is 0.251 e. The highest BCUT2D eigenvalue weighted by molar-refractivity contribution is 5.96. The van der Waals surface area contributed by atoms with E-state index in [-0.39, 0.29) is 30.3 Å². The zero-order valence-electron chi connectivity index (χ0n) is 19.3. The van der Waals surface area contributed by atoms with E-state index < -0.39 is 5.60 Å². The van der Waals surface area contributed by atoms with Crippen LogP contribution in [0.15, 0.2) is 48.5 Å². The molecule has 176 valence electrons. The maximum atomic E-state index is 13.4. The van der Waals surface area contributed by atoms with Gasteiger partial charge in [0.1, 0.15) is 11.5 Å². The quantitative estimate of drug-likeness (QED) is 0.702. The van der Waals surface area contributed by atoms with Crippen LogP contribution < -0.4 is 14.8 Å².